The Hall–Kier alpha value is -1.72. The molecule has 0 saturated carbocycles. The Labute approximate surface area is 117 Å². The van der Waals surface area contributed by atoms with Gasteiger partial charge in [-0.2, -0.15) is 0 Å². The predicted octanol–water partition coefficient (Wildman–Crippen LogP) is 2.60. The molecule has 1 aromatic carbocycles. The van der Waals surface area contributed by atoms with Gasteiger partial charge in [0, 0.05) is 19.2 Å². The van der Waals surface area contributed by atoms with Crippen molar-refractivity contribution in [1.82, 2.24) is 10.1 Å². The minimum Gasteiger partial charge on any atom is -0.387 e. The average Bonchev–Trinajstić information content (AvgIpc) is 2.74. The highest BCUT2D eigenvalue weighted by atomic mass is 19.1. The number of likely N-dealkylation sites (N-methyl/N-ethyl adjacent to an activating group) is 1. The van der Waals surface area contributed by atoms with Crippen molar-refractivity contribution in [2.75, 3.05) is 13.6 Å². The summed E-state index contributed by atoms with van der Waals surface area (Å²) in [6.45, 7) is 4.67. The van der Waals surface area contributed by atoms with Gasteiger partial charge in [-0.3, -0.25) is 4.90 Å². The zero-order valence-electron chi connectivity index (χ0n) is 11.9. The molecule has 1 unspecified atom stereocenters. The molecular formula is C15H19FN2O2. The fraction of sp³-hybridized carbons (Fsp3) is 0.400. The molecule has 20 heavy (non-hydrogen) atoms. The number of aliphatic hydroxyl groups is 1. The summed E-state index contributed by atoms with van der Waals surface area (Å²) in [6.07, 6.45) is -0.659. The molecule has 0 aliphatic carbocycles. The van der Waals surface area contributed by atoms with E-state index in [1.165, 1.54) is 12.1 Å². The molecule has 0 amide bonds. The van der Waals surface area contributed by atoms with Crippen molar-refractivity contribution in [2.24, 2.45) is 0 Å². The number of hydrogen-bond donors (Lipinski definition) is 1. The molecule has 0 aliphatic rings. The summed E-state index contributed by atoms with van der Waals surface area (Å²) in [5, 5.41) is 14.2. The molecule has 1 N–H and O–H groups in total. The van der Waals surface area contributed by atoms with E-state index in [4.69, 9.17) is 4.52 Å². The van der Waals surface area contributed by atoms with E-state index in [1.807, 2.05) is 24.9 Å². The lowest BCUT2D eigenvalue weighted by atomic mass is 10.0. The first kappa shape index (κ1) is 14.7. The summed E-state index contributed by atoms with van der Waals surface area (Å²) in [5.41, 5.74) is 2.32. The smallest absolute Gasteiger partial charge is 0.133 e. The van der Waals surface area contributed by atoms with Gasteiger partial charge in [0.25, 0.3) is 0 Å². The Morgan fingerprint density at radius 3 is 2.70 bits per heavy atom. The van der Waals surface area contributed by atoms with E-state index in [9.17, 15) is 9.50 Å². The molecule has 0 radical (unpaired) electrons. The largest absolute Gasteiger partial charge is 0.387 e. The van der Waals surface area contributed by atoms with Crippen LogP contribution < -0.4 is 0 Å². The SMILES string of the molecule is Cc1cc(CN(C)CC(O)c2ccc(F)cc2C)no1. The van der Waals surface area contributed by atoms with E-state index in [-0.39, 0.29) is 5.82 Å². The van der Waals surface area contributed by atoms with Crippen LogP contribution in [-0.2, 0) is 6.54 Å². The first-order valence-electron chi connectivity index (χ1n) is 6.50. The van der Waals surface area contributed by atoms with Crippen molar-refractivity contribution in [3.63, 3.8) is 0 Å². The predicted molar refractivity (Wildman–Crippen MR) is 73.7 cm³/mol. The van der Waals surface area contributed by atoms with E-state index in [1.54, 1.807) is 13.0 Å². The van der Waals surface area contributed by atoms with Gasteiger partial charge in [0.2, 0.25) is 0 Å². The number of aryl methyl sites for hydroxylation is 2. The topological polar surface area (TPSA) is 49.5 Å². The van der Waals surface area contributed by atoms with Crippen LogP contribution in [0.4, 0.5) is 4.39 Å². The van der Waals surface area contributed by atoms with E-state index in [0.29, 0.717) is 13.1 Å². The van der Waals surface area contributed by atoms with Crippen LogP contribution in [0.2, 0.25) is 0 Å². The van der Waals surface area contributed by atoms with Gasteiger partial charge < -0.3 is 9.63 Å². The normalized spacial score (nSPS) is 12.9. The molecule has 0 fully saturated rings. The van der Waals surface area contributed by atoms with Gasteiger partial charge in [-0.05, 0) is 44.2 Å². The highest BCUT2D eigenvalue weighted by Gasteiger charge is 2.14. The third-order valence-electron chi connectivity index (χ3n) is 3.18. The molecule has 2 aromatic rings. The highest BCUT2D eigenvalue weighted by Crippen LogP contribution is 2.20. The van der Waals surface area contributed by atoms with Crippen LogP contribution in [0.5, 0.6) is 0 Å². The summed E-state index contributed by atoms with van der Waals surface area (Å²) in [4.78, 5) is 1.95. The lowest BCUT2D eigenvalue weighted by Crippen LogP contribution is -2.24. The molecular weight excluding hydrogens is 259 g/mol. The van der Waals surface area contributed by atoms with E-state index in [0.717, 1.165) is 22.6 Å². The quantitative estimate of drug-likeness (QED) is 0.913. The Bertz CT molecular complexity index is 583. The Morgan fingerprint density at radius 1 is 1.35 bits per heavy atom. The third kappa shape index (κ3) is 3.65. The number of hydrogen-bond acceptors (Lipinski definition) is 4. The molecule has 2 rings (SSSR count). The minimum atomic E-state index is -0.659. The Kier molecular flexibility index (Phi) is 4.52. The second-order valence-electron chi connectivity index (χ2n) is 5.14. The number of aromatic nitrogens is 1. The van der Waals surface area contributed by atoms with Crippen molar-refractivity contribution < 1.29 is 14.0 Å². The van der Waals surface area contributed by atoms with Crippen LogP contribution in [0.3, 0.4) is 0 Å². The summed E-state index contributed by atoms with van der Waals surface area (Å²) in [5.74, 6) is 0.480. The molecule has 0 saturated heterocycles. The fourth-order valence-electron chi connectivity index (χ4n) is 2.24. The van der Waals surface area contributed by atoms with Crippen molar-refractivity contribution in [3.05, 3.63) is 52.7 Å². The average molecular weight is 278 g/mol. The highest BCUT2D eigenvalue weighted by molar-refractivity contribution is 5.28. The zero-order chi connectivity index (χ0) is 14.7. The van der Waals surface area contributed by atoms with Crippen LogP contribution in [0.15, 0.2) is 28.8 Å². The second-order valence-corrected chi connectivity index (χ2v) is 5.14. The number of benzene rings is 1. The zero-order valence-corrected chi connectivity index (χ0v) is 11.9. The monoisotopic (exact) mass is 278 g/mol. The molecule has 0 aliphatic heterocycles. The summed E-state index contributed by atoms with van der Waals surface area (Å²) >= 11 is 0. The van der Waals surface area contributed by atoms with Gasteiger partial charge in [-0.15, -0.1) is 0 Å². The number of rotatable bonds is 5. The van der Waals surface area contributed by atoms with Crippen LogP contribution in [-0.4, -0.2) is 28.8 Å². The summed E-state index contributed by atoms with van der Waals surface area (Å²) in [6, 6.07) is 6.29. The van der Waals surface area contributed by atoms with E-state index < -0.39 is 6.10 Å². The number of halogens is 1. The first-order valence-corrected chi connectivity index (χ1v) is 6.50. The standard InChI is InChI=1S/C15H19FN2O2/c1-10-6-12(16)4-5-14(10)15(19)9-18(3)8-13-7-11(2)20-17-13/h4-7,15,19H,8-9H2,1-3H3. The molecule has 1 atom stereocenters. The van der Waals surface area contributed by atoms with E-state index in [2.05, 4.69) is 5.16 Å². The van der Waals surface area contributed by atoms with Gasteiger partial charge in [0.15, 0.2) is 0 Å². The van der Waals surface area contributed by atoms with Crippen LogP contribution in [0, 0.1) is 19.7 Å². The molecule has 1 aromatic heterocycles. The molecule has 0 spiro atoms. The van der Waals surface area contributed by atoms with Crippen LogP contribution in [0.1, 0.15) is 28.7 Å². The maximum atomic E-state index is 13.1. The third-order valence-corrected chi connectivity index (χ3v) is 3.18. The first-order chi connectivity index (χ1) is 9.45. The summed E-state index contributed by atoms with van der Waals surface area (Å²) < 4.78 is 18.1. The minimum absolute atomic E-state index is 0.287. The maximum Gasteiger partial charge on any atom is 0.133 e. The van der Waals surface area contributed by atoms with Gasteiger partial charge in [-0.25, -0.2) is 4.39 Å². The van der Waals surface area contributed by atoms with Crippen LogP contribution in [0.25, 0.3) is 0 Å². The number of nitrogens with zero attached hydrogens (tertiary/aromatic N) is 2. The Balaban J connectivity index is 1.98. The van der Waals surface area contributed by atoms with E-state index >= 15 is 0 Å². The number of aliphatic hydroxyl groups excluding tert-OH is 1. The molecule has 4 nitrogen and oxygen atoms in total. The van der Waals surface area contributed by atoms with Crippen molar-refractivity contribution in [1.29, 1.82) is 0 Å². The fourth-order valence-corrected chi connectivity index (χ4v) is 2.24. The molecule has 108 valence electrons. The van der Waals surface area contributed by atoms with Gasteiger partial charge >= 0.3 is 0 Å². The molecule has 0 bridgehead atoms. The van der Waals surface area contributed by atoms with Crippen LogP contribution >= 0.6 is 0 Å². The van der Waals surface area contributed by atoms with Crippen molar-refractivity contribution in [2.45, 2.75) is 26.5 Å². The maximum absolute atomic E-state index is 13.1. The lowest BCUT2D eigenvalue weighted by Gasteiger charge is -2.21. The van der Waals surface area contributed by atoms with Crippen molar-refractivity contribution >= 4 is 0 Å². The summed E-state index contributed by atoms with van der Waals surface area (Å²) in [7, 11) is 1.89. The van der Waals surface area contributed by atoms with Gasteiger partial charge in [-0.1, -0.05) is 11.2 Å². The van der Waals surface area contributed by atoms with Crippen molar-refractivity contribution in [3.8, 4) is 0 Å². The van der Waals surface area contributed by atoms with Gasteiger partial charge in [0.05, 0.1) is 11.8 Å². The molecule has 5 heteroatoms. The van der Waals surface area contributed by atoms with Gasteiger partial charge in [0.1, 0.15) is 11.6 Å². The lowest BCUT2D eigenvalue weighted by molar-refractivity contribution is 0.122. The molecule has 1 heterocycles. The Morgan fingerprint density at radius 2 is 2.10 bits per heavy atom. The second kappa shape index (κ2) is 6.15.